The van der Waals surface area contributed by atoms with Gasteiger partial charge in [-0.3, -0.25) is 9.80 Å². The fourth-order valence-corrected chi connectivity index (χ4v) is 3.42. The Morgan fingerprint density at radius 3 is 3.00 bits per heavy atom. The Morgan fingerprint density at radius 1 is 1.45 bits per heavy atom. The molecule has 2 saturated heterocycles. The van der Waals surface area contributed by atoms with Crippen LogP contribution in [0.15, 0.2) is 18.2 Å². The molecule has 2 heterocycles. The summed E-state index contributed by atoms with van der Waals surface area (Å²) in [7, 11) is 3.53. The first-order chi connectivity index (χ1) is 10.6. The first-order valence-corrected chi connectivity index (χ1v) is 7.87. The van der Waals surface area contributed by atoms with Gasteiger partial charge in [0.2, 0.25) is 0 Å². The first-order valence-electron chi connectivity index (χ1n) is 7.49. The molecule has 0 bridgehead atoms. The van der Waals surface area contributed by atoms with Crippen LogP contribution in [0.25, 0.3) is 0 Å². The molecule has 6 heteroatoms. The van der Waals surface area contributed by atoms with Gasteiger partial charge in [0.25, 0.3) is 0 Å². The summed E-state index contributed by atoms with van der Waals surface area (Å²) in [6.07, 6.45) is 0.265. The van der Waals surface area contributed by atoms with Crippen LogP contribution in [0, 0.1) is 0 Å². The molecule has 0 saturated carbocycles. The normalized spacial score (nSPS) is 26.0. The lowest BCUT2D eigenvalue weighted by molar-refractivity contribution is -0.0370. The number of halogens is 1. The summed E-state index contributed by atoms with van der Waals surface area (Å²) in [6, 6.07) is 5.71. The van der Waals surface area contributed by atoms with Crippen molar-refractivity contribution in [2.45, 2.75) is 18.7 Å². The molecule has 0 aliphatic carbocycles. The van der Waals surface area contributed by atoms with Crippen molar-refractivity contribution >= 4 is 17.6 Å². The van der Waals surface area contributed by atoms with E-state index in [9.17, 15) is 4.79 Å². The molecule has 1 aromatic rings. The highest BCUT2D eigenvalue weighted by Crippen LogP contribution is 2.26. The molecular formula is C16H21ClN2O3. The van der Waals surface area contributed by atoms with Gasteiger partial charge in [0.15, 0.2) is 0 Å². The predicted octanol–water partition coefficient (Wildman–Crippen LogP) is 1.64. The number of hydrogen-bond acceptors (Lipinski definition) is 5. The van der Waals surface area contributed by atoms with Crippen molar-refractivity contribution in [1.82, 2.24) is 9.80 Å². The molecule has 0 unspecified atom stereocenters. The number of nitrogens with zero attached hydrogens (tertiary/aromatic N) is 2. The summed E-state index contributed by atoms with van der Waals surface area (Å²) in [5.41, 5.74) is 1.48. The van der Waals surface area contributed by atoms with Crippen LogP contribution >= 0.6 is 11.6 Å². The highest BCUT2D eigenvalue weighted by atomic mass is 35.5. The standard InChI is InChI=1S/C16H21ClN2O3/c1-18-5-6-22-15-10-19(9-14(15)18)8-12-7-11(16(20)21-2)3-4-13(12)17/h3-4,7,14-15H,5-6,8-10H2,1-2H3/t14-,15-/m1/s1. The third-order valence-corrected chi connectivity index (χ3v) is 4.88. The van der Waals surface area contributed by atoms with Crippen LogP contribution in [0.4, 0.5) is 0 Å². The van der Waals surface area contributed by atoms with Crippen LogP contribution in [0.2, 0.25) is 5.02 Å². The molecule has 0 spiro atoms. The molecule has 0 N–H and O–H groups in total. The van der Waals surface area contributed by atoms with Gasteiger partial charge in [-0.25, -0.2) is 4.79 Å². The van der Waals surface area contributed by atoms with E-state index in [0.29, 0.717) is 23.2 Å². The van der Waals surface area contributed by atoms with Gasteiger partial charge in [0.1, 0.15) is 0 Å². The van der Waals surface area contributed by atoms with E-state index in [1.165, 1.54) is 7.11 Å². The van der Waals surface area contributed by atoms with Crippen molar-refractivity contribution in [1.29, 1.82) is 0 Å². The Balaban J connectivity index is 1.72. The number of rotatable bonds is 3. The minimum Gasteiger partial charge on any atom is -0.465 e. The van der Waals surface area contributed by atoms with Crippen LogP contribution in [-0.2, 0) is 16.0 Å². The lowest BCUT2D eigenvalue weighted by atomic mass is 10.1. The maximum Gasteiger partial charge on any atom is 0.337 e. The highest BCUT2D eigenvalue weighted by molar-refractivity contribution is 6.31. The third kappa shape index (κ3) is 3.13. The van der Waals surface area contributed by atoms with Gasteiger partial charge in [-0.2, -0.15) is 0 Å². The number of esters is 1. The third-order valence-electron chi connectivity index (χ3n) is 4.52. The average Bonchev–Trinajstić information content (AvgIpc) is 2.93. The minimum atomic E-state index is -0.337. The fourth-order valence-electron chi connectivity index (χ4n) is 3.24. The van der Waals surface area contributed by atoms with E-state index in [4.69, 9.17) is 21.1 Å². The monoisotopic (exact) mass is 324 g/mol. The van der Waals surface area contributed by atoms with Gasteiger partial charge < -0.3 is 9.47 Å². The number of benzene rings is 1. The molecule has 2 atom stereocenters. The van der Waals surface area contributed by atoms with Crippen molar-refractivity contribution < 1.29 is 14.3 Å². The Morgan fingerprint density at radius 2 is 2.27 bits per heavy atom. The van der Waals surface area contributed by atoms with E-state index in [2.05, 4.69) is 16.8 Å². The smallest absolute Gasteiger partial charge is 0.337 e. The summed E-state index contributed by atoms with van der Waals surface area (Å²) < 4.78 is 10.6. The van der Waals surface area contributed by atoms with Gasteiger partial charge in [-0.05, 0) is 30.8 Å². The minimum absolute atomic E-state index is 0.265. The van der Waals surface area contributed by atoms with Crippen molar-refractivity contribution in [3.63, 3.8) is 0 Å². The zero-order valence-corrected chi connectivity index (χ0v) is 13.7. The summed E-state index contributed by atoms with van der Waals surface area (Å²) in [5.74, 6) is -0.337. The number of fused-ring (bicyclic) bond motifs is 1. The van der Waals surface area contributed by atoms with Crippen molar-refractivity contribution in [2.75, 3.05) is 40.4 Å². The molecule has 5 nitrogen and oxygen atoms in total. The maximum absolute atomic E-state index is 11.7. The van der Waals surface area contributed by atoms with Crippen LogP contribution in [-0.4, -0.2) is 68.3 Å². The number of carbonyl (C=O) groups excluding carboxylic acids is 1. The molecule has 0 aromatic heterocycles. The maximum atomic E-state index is 11.7. The quantitative estimate of drug-likeness (QED) is 0.791. The van der Waals surface area contributed by atoms with E-state index >= 15 is 0 Å². The number of ether oxygens (including phenoxy) is 2. The Bertz CT molecular complexity index is 566. The van der Waals surface area contributed by atoms with Gasteiger partial charge in [0, 0.05) is 37.2 Å². The van der Waals surface area contributed by atoms with Crippen molar-refractivity contribution in [2.24, 2.45) is 0 Å². The molecule has 2 aliphatic rings. The molecule has 0 amide bonds. The molecule has 2 fully saturated rings. The second-order valence-corrected chi connectivity index (χ2v) is 6.36. The van der Waals surface area contributed by atoms with Crippen molar-refractivity contribution in [3.8, 4) is 0 Å². The van der Waals surface area contributed by atoms with Gasteiger partial charge in [0.05, 0.1) is 25.4 Å². The number of carbonyl (C=O) groups is 1. The number of morpholine rings is 1. The Kier molecular flexibility index (Phi) is 4.68. The van der Waals surface area contributed by atoms with E-state index in [1.807, 2.05) is 6.07 Å². The van der Waals surface area contributed by atoms with Crippen LogP contribution < -0.4 is 0 Å². The zero-order chi connectivity index (χ0) is 15.7. The topological polar surface area (TPSA) is 42.0 Å². The van der Waals surface area contributed by atoms with Gasteiger partial charge in [-0.1, -0.05) is 11.6 Å². The zero-order valence-electron chi connectivity index (χ0n) is 12.9. The summed E-state index contributed by atoms with van der Waals surface area (Å²) >= 11 is 6.28. The molecule has 2 aliphatic heterocycles. The number of likely N-dealkylation sites (tertiary alicyclic amines) is 1. The predicted molar refractivity (Wildman–Crippen MR) is 84.2 cm³/mol. The van der Waals surface area contributed by atoms with Crippen molar-refractivity contribution in [3.05, 3.63) is 34.3 Å². The molecule has 3 rings (SSSR count). The van der Waals surface area contributed by atoms with Gasteiger partial charge in [-0.15, -0.1) is 0 Å². The van der Waals surface area contributed by atoms with E-state index in [-0.39, 0.29) is 12.1 Å². The van der Waals surface area contributed by atoms with Crippen LogP contribution in [0.1, 0.15) is 15.9 Å². The van der Waals surface area contributed by atoms with Crippen LogP contribution in [0.3, 0.4) is 0 Å². The molecule has 120 valence electrons. The van der Waals surface area contributed by atoms with E-state index in [1.54, 1.807) is 12.1 Å². The Hall–Kier alpha value is -1.14. The Labute approximate surface area is 135 Å². The van der Waals surface area contributed by atoms with E-state index < -0.39 is 0 Å². The summed E-state index contributed by atoms with van der Waals surface area (Å²) in [5, 5.41) is 0.678. The second kappa shape index (κ2) is 6.54. The van der Waals surface area contributed by atoms with E-state index in [0.717, 1.165) is 31.8 Å². The molecule has 1 aromatic carbocycles. The summed E-state index contributed by atoms with van der Waals surface area (Å²) in [6.45, 7) is 4.35. The molecule has 0 radical (unpaired) electrons. The highest BCUT2D eigenvalue weighted by Gasteiger charge is 2.38. The number of likely N-dealkylation sites (N-methyl/N-ethyl adjacent to an activating group) is 1. The lowest BCUT2D eigenvalue weighted by Gasteiger charge is -2.33. The fraction of sp³-hybridized carbons (Fsp3) is 0.562. The first kappa shape index (κ1) is 15.7. The summed E-state index contributed by atoms with van der Waals surface area (Å²) in [4.78, 5) is 16.4. The second-order valence-electron chi connectivity index (χ2n) is 5.95. The molecule has 22 heavy (non-hydrogen) atoms. The SMILES string of the molecule is COC(=O)c1ccc(Cl)c(CN2C[C@@H]3[C@@H](C2)OCCN3C)c1. The van der Waals surface area contributed by atoms with Gasteiger partial charge >= 0.3 is 5.97 Å². The lowest BCUT2D eigenvalue weighted by Crippen LogP contribution is -2.48. The molecular weight excluding hydrogens is 304 g/mol. The average molecular weight is 325 g/mol. The van der Waals surface area contributed by atoms with Crippen LogP contribution in [0.5, 0.6) is 0 Å². The number of methoxy groups -OCH3 is 1. The number of hydrogen-bond donors (Lipinski definition) is 0. The largest absolute Gasteiger partial charge is 0.465 e.